The van der Waals surface area contributed by atoms with Crippen LogP contribution in [-0.4, -0.2) is 85.3 Å². The van der Waals surface area contributed by atoms with Crippen molar-refractivity contribution >= 4 is 30.0 Å². The number of hydrogen-bond acceptors (Lipinski definition) is 8. The van der Waals surface area contributed by atoms with Crippen LogP contribution >= 0.6 is 0 Å². The number of nitrogens with zero attached hydrogens (tertiary/aromatic N) is 2. The highest BCUT2D eigenvalue weighted by Gasteiger charge is 2.20. The smallest absolute Gasteiger partial charge is 0.410 e. The average Bonchev–Trinajstić information content (AvgIpc) is 3.09. The summed E-state index contributed by atoms with van der Waals surface area (Å²) in [6.45, 7) is 1.62. The van der Waals surface area contributed by atoms with Crippen LogP contribution in [0.3, 0.4) is 0 Å². The summed E-state index contributed by atoms with van der Waals surface area (Å²) in [7, 11) is 0. The zero-order valence-corrected chi connectivity index (χ0v) is 27.6. The van der Waals surface area contributed by atoms with Crippen LogP contribution in [0.15, 0.2) is 65.7 Å². The predicted molar refractivity (Wildman–Crippen MR) is 182 cm³/mol. The van der Waals surface area contributed by atoms with Crippen molar-refractivity contribution in [3.8, 4) is 0 Å². The molecule has 0 fully saturated rings. The van der Waals surface area contributed by atoms with E-state index in [0.717, 1.165) is 30.4 Å². The zero-order chi connectivity index (χ0) is 34.8. The maximum Gasteiger partial charge on any atom is 0.410 e. The van der Waals surface area contributed by atoms with Gasteiger partial charge in [-0.2, -0.15) is 0 Å². The molecule has 48 heavy (non-hydrogen) atoms. The first kappa shape index (κ1) is 39.3. The molecule has 2 aromatic carbocycles. The van der Waals surface area contributed by atoms with E-state index >= 15 is 0 Å². The lowest BCUT2D eigenvalue weighted by Gasteiger charge is -2.22. The van der Waals surface area contributed by atoms with Gasteiger partial charge in [-0.25, -0.2) is 9.59 Å². The standard InChI is InChI=1S/C34H51N7O7/c35-32(36)38-20-10-2-1-9-18-30(43)40-29(24-42)31(44)37-19-11-12-22-41(34(46)48-26-28-16-7-4-8-17-28)23-13-21-39-33(45)47-25-27-14-5-3-6-15-27/h3-8,14-17,29,42H,1-2,9-13,18-26H2,(H,37,44)(H,39,45)(H,40,43)(H4,35,36,38)/t29-/m0/s1. The maximum atomic E-state index is 12.9. The number of aliphatic hydroxyl groups excluding tert-OH is 1. The number of ether oxygens (including phenoxy) is 2. The molecule has 0 spiro atoms. The van der Waals surface area contributed by atoms with Crippen molar-refractivity contribution in [3.63, 3.8) is 0 Å². The average molecular weight is 670 g/mol. The Morgan fingerprint density at radius 2 is 1.35 bits per heavy atom. The number of alkyl carbamates (subject to hydrolysis) is 1. The van der Waals surface area contributed by atoms with E-state index in [0.29, 0.717) is 58.4 Å². The predicted octanol–water partition coefficient (Wildman–Crippen LogP) is 2.54. The number of guanidine groups is 1. The summed E-state index contributed by atoms with van der Waals surface area (Å²) in [5.74, 6) is -0.728. The molecule has 2 rings (SSSR count). The number of aliphatic imine (C=N–C) groups is 1. The van der Waals surface area contributed by atoms with Gasteiger partial charge in [-0.3, -0.25) is 14.6 Å². The Balaban J connectivity index is 1.70. The lowest BCUT2D eigenvalue weighted by molar-refractivity contribution is -0.130. The molecule has 0 saturated carbocycles. The molecule has 0 bridgehead atoms. The van der Waals surface area contributed by atoms with Crippen molar-refractivity contribution in [2.24, 2.45) is 16.5 Å². The first-order valence-electron chi connectivity index (χ1n) is 16.4. The molecule has 264 valence electrons. The number of carbonyl (C=O) groups is 4. The van der Waals surface area contributed by atoms with Crippen LogP contribution in [0.4, 0.5) is 9.59 Å². The molecule has 0 saturated heterocycles. The summed E-state index contributed by atoms with van der Waals surface area (Å²) in [6, 6.07) is 17.7. The Kier molecular flexibility index (Phi) is 19.9. The molecule has 0 heterocycles. The Morgan fingerprint density at radius 1 is 0.750 bits per heavy atom. The summed E-state index contributed by atoms with van der Waals surface area (Å²) in [5, 5.41) is 17.7. The number of rotatable bonds is 23. The van der Waals surface area contributed by atoms with Gasteiger partial charge in [0.1, 0.15) is 19.3 Å². The van der Waals surface area contributed by atoms with Crippen LogP contribution < -0.4 is 27.4 Å². The van der Waals surface area contributed by atoms with Gasteiger partial charge in [0.05, 0.1) is 6.61 Å². The topological polar surface area (TPSA) is 211 Å². The van der Waals surface area contributed by atoms with Crippen molar-refractivity contribution in [1.29, 1.82) is 0 Å². The van der Waals surface area contributed by atoms with E-state index in [1.165, 1.54) is 0 Å². The second kappa shape index (κ2) is 24.3. The van der Waals surface area contributed by atoms with Gasteiger partial charge < -0.3 is 46.9 Å². The van der Waals surface area contributed by atoms with Crippen molar-refractivity contribution in [2.45, 2.75) is 70.6 Å². The van der Waals surface area contributed by atoms with Gasteiger partial charge in [0, 0.05) is 39.1 Å². The van der Waals surface area contributed by atoms with Crippen molar-refractivity contribution in [2.75, 3.05) is 39.3 Å². The highest BCUT2D eigenvalue weighted by Crippen LogP contribution is 2.07. The minimum Gasteiger partial charge on any atom is -0.445 e. The normalized spacial score (nSPS) is 11.1. The van der Waals surface area contributed by atoms with Crippen LogP contribution in [0.2, 0.25) is 0 Å². The molecule has 0 radical (unpaired) electrons. The summed E-state index contributed by atoms with van der Waals surface area (Å²) in [5.41, 5.74) is 12.3. The van der Waals surface area contributed by atoms with Crippen LogP contribution in [0.25, 0.3) is 0 Å². The Hall–Kier alpha value is -4.85. The van der Waals surface area contributed by atoms with Gasteiger partial charge >= 0.3 is 12.2 Å². The fourth-order valence-corrected chi connectivity index (χ4v) is 4.52. The third-order valence-electron chi connectivity index (χ3n) is 7.14. The van der Waals surface area contributed by atoms with Gasteiger partial charge in [0.2, 0.25) is 11.8 Å². The van der Waals surface area contributed by atoms with E-state index in [4.69, 9.17) is 20.9 Å². The molecule has 4 amide bonds. The van der Waals surface area contributed by atoms with Gasteiger partial charge in [-0.1, -0.05) is 73.5 Å². The fraction of sp³-hybridized carbons (Fsp3) is 0.500. The first-order chi connectivity index (χ1) is 23.3. The monoisotopic (exact) mass is 669 g/mol. The molecule has 1 atom stereocenters. The summed E-state index contributed by atoms with van der Waals surface area (Å²) >= 11 is 0. The number of amides is 4. The molecule has 2 aromatic rings. The van der Waals surface area contributed by atoms with E-state index in [-0.39, 0.29) is 31.5 Å². The van der Waals surface area contributed by atoms with Gasteiger partial charge in [0.25, 0.3) is 0 Å². The van der Waals surface area contributed by atoms with Crippen LogP contribution in [0.5, 0.6) is 0 Å². The Bertz CT molecular complexity index is 1240. The van der Waals surface area contributed by atoms with E-state index in [1.54, 1.807) is 4.90 Å². The molecule has 14 nitrogen and oxygen atoms in total. The van der Waals surface area contributed by atoms with Crippen molar-refractivity contribution < 1.29 is 33.8 Å². The van der Waals surface area contributed by atoms with Crippen molar-refractivity contribution in [3.05, 3.63) is 71.8 Å². The molecule has 14 heteroatoms. The molecule has 0 unspecified atom stereocenters. The third kappa shape index (κ3) is 18.3. The number of hydrogen-bond donors (Lipinski definition) is 6. The molecule has 8 N–H and O–H groups in total. The summed E-state index contributed by atoms with van der Waals surface area (Å²) in [4.78, 5) is 55.3. The van der Waals surface area contributed by atoms with E-state index in [2.05, 4.69) is 20.9 Å². The second-order valence-electron chi connectivity index (χ2n) is 11.1. The maximum absolute atomic E-state index is 12.9. The molecular weight excluding hydrogens is 618 g/mol. The quantitative estimate of drug-likeness (QED) is 0.0582. The lowest BCUT2D eigenvalue weighted by Crippen LogP contribution is -2.49. The minimum atomic E-state index is -1.05. The minimum absolute atomic E-state index is 0.0595. The fourth-order valence-electron chi connectivity index (χ4n) is 4.52. The van der Waals surface area contributed by atoms with E-state index in [9.17, 15) is 24.3 Å². The molecule has 0 aliphatic carbocycles. The second-order valence-corrected chi connectivity index (χ2v) is 11.1. The Morgan fingerprint density at radius 3 is 2.00 bits per heavy atom. The number of nitrogens with two attached hydrogens (primary N) is 2. The SMILES string of the molecule is NC(N)=NCCCCCCC(=O)N[C@@H](CO)C(=O)NCCCCN(CCCNC(=O)OCc1ccccc1)C(=O)OCc1ccccc1. The van der Waals surface area contributed by atoms with Crippen LogP contribution in [0, 0.1) is 0 Å². The molecule has 0 aliphatic heterocycles. The van der Waals surface area contributed by atoms with Gasteiger partial charge in [-0.05, 0) is 43.2 Å². The number of unbranched alkanes of at least 4 members (excludes halogenated alkanes) is 4. The largest absolute Gasteiger partial charge is 0.445 e. The number of benzene rings is 2. The highest BCUT2D eigenvalue weighted by molar-refractivity contribution is 5.87. The summed E-state index contributed by atoms with van der Waals surface area (Å²) in [6.07, 6.45) is 3.96. The number of carbonyl (C=O) groups excluding carboxylic acids is 4. The molecule has 0 aromatic heterocycles. The van der Waals surface area contributed by atoms with Gasteiger partial charge in [-0.15, -0.1) is 0 Å². The lowest BCUT2D eigenvalue weighted by atomic mass is 10.1. The third-order valence-corrected chi connectivity index (χ3v) is 7.14. The van der Waals surface area contributed by atoms with Crippen LogP contribution in [0.1, 0.15) is 62.5 Å². The zero-order valence-electron chi connectivity index (χ0n) is 27.6. The van der Waals surface area contributed by atoms with Crippen LogP contribution in [-0.2, 0) is 32.3 Å². The van der Waals surface area contributed by atoms with Gasteiger partial charge in [0.15, 0.2) is 5.96 Å². The van der Waals surface area contributed by atoms with Crippen molar-refractivity contribution in [1.82, 2.24) is 20.9 Å². The molecule has 0 aliphatic rings. The van der Waals surface area contributed by atoms with E-state index < -0.39 is 30.7 Å². The first-order valence-corrected chi connectivity index (χ1v) is 16.4. The highest BCUT2D eigenvalue weighted by atomic mass is 16.6. The summed E-state index contributed by atoms with van der Waals surface area (Å²) < 4.78 is 10.7. The Labute approximate surface area is 282 Å². The number of aliphatic hydroxyl groups is 1. The molecular formula is C34H51N7O7. The van der Waals surface area contributed by atoms with E-state index in [1.807, 2.05) is 60.7 Å². The number of nitrogens with one attached hydrogen (secondary N) is 3.